The first-order valence-corrected chi connectivity index (χ1v) is 15.8. The van der Waals surface area contributed by atoms with Crippen molar-refractivity contribution in [2.75, 3.05) is 0 Å². The van der Waals surface area contributed by atoms with Crippen molar-refractivity contribution < 1.29 is 4.42 Å². The molecule has 0 amide bonds. The topological polar surface area (TPSA) is 106 Å². The van der Waals surface area contributed by atoms with E-state index in [0.717, 1.165) is 0 Å². The zero-order chi connectivity index (χ0) is 29.7. The molecular formula is C30H31N7OS4. The lowest BCUT2D eigenvalue weighted by molar-refractivity contribution is 0.567. The van der Waals surface area contributed by atoms with Crippen LogP contribution in [0.5, 0.6) is 0 Å². The monoisotopic (exact) mass is 633 g/mol. The summed E-state index contributed by atoms with van der Waals surface area (Å²) >= 11 is 6.41. The van der Waals surface area contributed by atoms with Crippen LogP contribution in [0.2, 0.25) is 0 Å². The zero-order valence-corrected chi connectivity index (χ0v) is 25.8. The molecule has 0 radical (unpaired) electrons. The Kier molecular flexibility index (Phi) is 27.5. The van der Waals surface area contributed by atoms with Crippen molar-refractivity contribution in [2.45, 2.75) is 0 Å². The quantitative estimate of drug-likeness (QED) is 0.178. The molecule has 0 saturated carbocycles. The minimum atomic E-state index is 1.49. The largest absolute Gasteiger partial charge is 0.473 e. The first kappa shape index (κ1) is 35.4. The lowest BCUT2D eigenvalue weighted by atomic mass is 10.5. The van der Waals surface area contributed by atoms with Gasteiger partial charge in [0, 0.05) is 60.3 Å². The standard InChI is InChI=1S/2C5H5N.C4H5N.C4H4O.C4H4S.2C3H3NS.C2H2N2S/c2*1-2-4-6-5-3-1;3*1-2-4-5-3-1;2*1-2-5-3-4-1;1-3-4-2-5-1/h2*1-5H;1-5H;2*1-4H;2*1-3H;1-2H. The van der Waals surface area contributed by atoms with E-state index in [9.17, 15) is 0 Å². The number of furan rings is 1. The van der Waals surface area contributed by atoms with Gasteiger partial charge in [0.2, 0.25) is 0 Å². The number of aromatic nitrogens is 7. The Morgan fingerprint density at radius 3 is 1.02 bits per heavy atom. The summed E-state index contributed by atoms with van der Waals surface area (Å²) in [5, 5.41) is 14.9. The van der Waals surface area contributed by atoms with Crippen molar-refractivity contribution >= 4 is 45.3 Å². The molecule has 8 heterocycles. The van der Waals surface area contributed by atoms with Crippen LogP contribution in [0.25, 0.3) is 0 Å². The van der Waals surface area contributed by atoms with Crippen LogP contribution in [0.3, 0.4) is 0 Å². The predicted molar refractivity (Wildman–Crippen MR) is 176 cm³/mol. The maximum absolute atomic E-state index is 4.58. The second-order valence-corrected chi connectivity index (χ2v) is 9.47. The minimum Gasteiger partial charge on any atom is -0.473 e. The highest BCUT2D eigenvalue weighted by atomic mass is 32.1. The van der Waals surface area contributed by atoms with Gasteiger partial charge in [-0.05, 0) is 59.3 Å². The van der Waals surface area contributed by atoms with E-state index in [-0.39, 0.29) is 0 Å². The van der Waals surface area contributed by atoms with Gasteiger partial charge in [0.1, 0.15) is 11.0 Å². The Bertz CT molecular complexity index is 960. The van der Waals surface area contributed by atoms with E-state index in [1.165, 1.54) is 11.3 Å². The molecule has 1 N–H and O–H groups in total. The van der Waals surface area contributed by atoms with Crippen molar-refractivity contribution in [3.8, 4) is 0 Å². The number of thiazole rings is 2. The van der Waals surface area contributed by atoms with Gasteiger partial charge in [0.25, 0.3) is 0 Å². The summed E-state index contributed by atoms with van der Waals surface area (Å²) in [4.78, 5) is 17.9. The Morgan fingerprint density at radius 2 is 0.881 bits per heavy atom. The average Bonchev–Trinajstić information content (AvgIpc) is 3.93. The van der Waals surface area contributed by atoms with E-state index in [0.29, 0.717) is 0 Å². The van der Waals surface area contributed by atoms with E-state index in [2.05, 4.69) is 39.5 Å². The number of H-pyrrole nitrogens is 1. The number of rotatable bonds is 0. The van der Waals surface area contributed by atoms with Crippen LogP contribution in [-0.4, -0.2) is 35.1 Å². The molecular weight excluding hydrogens is 603 g/mol. The van der Waals surface area contributed by atoms with Gasteiger partial charge >= 0.3 is 0 Å². The summed E-state index contributed by atoms with van der Waals surface area (Å²) in [5.41, 5.74) is 6.94. The molecule has 8 aromatic heterocycles. The summed E-state index contributed by atoms with van der Waals surface area (Å²) in [5.74, 6) is 0. The van der Waals surface area contributed by atoms with Gasteiger partial charge in [-0.1, -0.05) is 24.3 Å². The van der Waals surface area contributed by atoms with Crippen LogP contribution < -0.4 is 0 Å². The number of hydrogen-bond donors (Lipinski definition) is 1. The Labute approximate surface area is 262 Å². The summed E-state index contributed by atoms with van der Waals surface area (Å²) < 4.78 is 4.58. The van der Waals surface area contributed by atoms with Gasteiger partial charge in [-0.25, -0.2) is 0 Å². The SMILES string of the molecule is c1cc[nH]c1.c1ccncc1.c1ccncc1.c1ccoc1.c1ccsc1.c1cscn1.c1cscn1.c1nncs1. The molecule has 216 valence electrons. The number of nitrogens with one attached hydrogen (secondary N) is 1. The van der Waals surface area contributed by atoms with Crippen LogP contribution in [0.4, 0.5) is 0 Å². The van der Waals surface area contributed by atoms with Crippen molar-refractivity contribution in [3.05, 3.63) is 178 Å². The van der Waals surface area contributed by atoms with Crippen LogP contribution in [0.1, 0.15) is 0 Å². The molecule has 0 aliphatic carbocycles. The Morgan fingerprint density at radius 1 is 0.381 bits per heavy atom. The lowest BCUT2D eigenvalue weighted by Crippen LogP contribution is -1.58. The smallest absolute Gasteiger partial charge is 0.103 e. The Hall–Kier alpha value is -4.62. The third-order valence-electron chi connectivity index (χ3n) is 3.46. The van der Waals surface area contributed by atoms with Gasteiger partial charge in [0.15, 0.2) is 0 Å². The molecule has 42 heavy (non-hydrogen) atoms. The fourth-order valence-electron chi connectivity index (χ4n) is 1.84. The predicted octanol–water partition coefficient (Wildman–Crippen LogP) is 9.03. The first-order valence-electron chi connectivity index (χ1n) is 12.0. The number of thiophene rings is 1. The molecule has 8 nitrogen and oxygen atoms in total. The molecule has 0 aliphatic rings. The van der Waals surface area contributed by atoms with Crippen LogP contribution in [0, 0.1) is 0 Å². The normalized spacial score (nSPS) is 8.00. The highest BCUT2D eigenvalue weighted by molar-refractivity contribution is 7.08. The third-order valence-corrected chi connectivity index (χ3v) is 5.56. The summed E-state index contributed by atoms with van der Waals surface area (Å²) in [6, 6.07) is 23.0. The van der Waals surface area contributed by atoms with Gasteiger partial charge < -0.3 is 9.40 Å². The molecule has 8 rings (SSSR count). The third kappa shape index (κ3) is 29.9. The van der Waals surface area contributed by atoms with Crippen LogP contribution in [0.15, 0.2) is 183 Å². The van der Waals surface area contributed by atoms with Crippen molar-refractivity contribution in [2.24, 2.45) is 0 Å². The van der Waals surface area contributed by atoms with E-state index >= 15 is 0 Å². The molecule has 0 aromatic carbocycles. The number of aromatic amines is 1. The molecule has 0 bridgehead atoms. The Balaban J connectivity index is 0.000000240. The van der Waals surface area contributed by atoms with Crippen LogP contribution in [-0.2, 0) is 0 Å². The second kappa shape index (κ2) is 32.6. The molecule has 0 spiro atoms. The number of nitrogens with zero attached hydrogens (tertiary/aromatic N) is 6. The maximum atomic E-state index is 4.58. The molecule has 8 aromatic rings. The molecule has 0 atom stereocenters. The lowest BCUT2D eigenvalue weighted by Gasteiger charge is -1.70. The highest BCUT2D eigenvalue weighted by Crippen LogP contribution is 1.91. The summed E-state index contributed by atoms with van der Waals surface area (Å²) in [6.07, 6.45) is 17.5. The first-order chi connectivity index (χ1) is 21.0. The van der Waals surface area contributed by atoms with Gasteiger partial charge in [-0.15, -0.1) is 44.2 Å². The van der Waals surface area contributed by atoms with E-state index in [4.69, 9.17) is 0 Å². The fraction of sp³-hybridized carbons (Fsp3) is 0. The molecule has 0 unspecified atom stereocenters. The number of hydrogen-bond acceptors (Lipinski definition) is 11. The van der Waals surface area contributed by atoms with Gasteiger partial charge in [0.05, 0.1) is 23.5 Å². The minimum absolute atomic E-state index is 1.49. The second-order valence-electron chi connectivity index (χ2n) is 6.45. The van der Waals surface area contributed by atoms with E-state index in [1.54, 1.807) is 106 Å². The van der Waals surface area contributed by atoms with Gasteiger partial charge in [-0.2, -0.15) is 11.3 Å². The maximum Gasteiger partial charge on any atom is 0.103 e. The summed E-state index contributed by atoms with van der Waals surface area (Å²) in [7, 11) is 0. The molecule has 12 heteroatoms. The molecule has 0 saturated heterocycles. The number of pyridine rings is 2. The van der Waals surface area contributed by atoms with Gasteiger partial charge in [-0.3, -0.25) is 19.9 Å². The molecule has 0 aliphatic heterocycles. The fourth-order valence-corrected chi connectivity index (χ4v) is 3.27. The van der Waals surface area contributed by atoms with Crippen molar-refractivity contribution in [1.29, 1.82) is 0 Å². The zero-order valence-electron chi connectivity index (χ0n) is 22.5. The molecule has 0 fully saturated rings. The van der Waals surface area contributed by atoms with Crippen molar-refractivity contribution in [3.63, 3.8) is 0 Å². The van der Waals surface area contributed by atoms with E-state index in [1.807, 2.05) is 107 Å². The van der Waals surface area contributed by atoms with Crippen LogP contribution >= 0.6 is 45.3 Å². The average molecular weight is 634 g/mol. The summed E-state index contributed by atoms with van der Waals surface area (Å²) in [6.45, 7) is 0. The van der Waals surface area contributed by atoms with Crippen molar-refractivity contribution in [1.82, 2.24) is 35.1 Å². The highest BCUT2D eigenvalue weighted by Gasteiger charge is 1.62. The van der Waals surface area contributed by atoms with E-state index < -0.39 is 0 Å².